The third kappa shape index (κ3) is 3.57. The van der Waals surface area contributed by atoms with Crippen molar-refractivity contribution in [2.45, 2.75) is 46.1 Å². The van der Waals surface area contributed by atoms with Gasteiger partial charge in [0.15, 0.2) is 0 Å². The van der Waals surface area contributed by atoms with Crippen LogP contribution in [0.1, 0.15) is 51.6 Å². The van der Waals surface area contributed by atoms with E-state index in [-0.39, 0.29) is 0 Å². The maximum absolute atomic E-state index is 4.31. The van der Waals surface area contributed by atoms with Crippen molar-refractivity contribution in [1.29, 1.82) is 0 Å². The molecule has 2 rings (SSSR count). The molecular formula is C18H26N2. The second-order valence-corrected chi connectivity index (χ2v) is 5.70. The lowest BCUT2D eigenvalue weighted by atomic mass is 9.91. The minimum absolute atomic E-state index is 0.429. The Labute approximate surface area is 122 Å². The van der Waals surface area contributed by atoms with Gasteiger partial charge in [-0.2, -0.15) is 0 Å². The summed E-state index contributed by atoms with van der Waals surface area (Å²) in [4.78, 5) is 4.31. The van der Waals surface area contributed by atoms with E-state index in [9.17, 15) is 0 Å². The molecule has 0 radical (unpaired) electrons. The lowest BCUT2D eigenvalue weighted by Crippen LogP contribution is -2.24. The van der Waals surface area contributed by atoms with E-state index in [1.54, 1.807) is 0 Å². The predicted molar refractivity (Wildman–Crippen MR) is 86.8 cm³/mol. The monoisotopic (exact) mass is 270 g/mol. The predicted octanol–water partition coefficient (Wildman–Crippen LogP) is 4.71. The molecule has 0 aliphatic heterocycles. The number of nitrogens with one attached hydrogen (secondary N) is 1. The Kier molecular flexibility index (Phi) is 5.54. The van der Waals surface area contributed by atoms with Crippen molar-refractivity contribution < 1.29 is 0 Å². The molecular weight excluding hydrogens is 244 g/mol. The second kappa shape index (κ2) is 7.39. The van der Waals surface area contributed by atoms with Gasteiger partial charge in [0.1, 0.15) is 0 Å². The number of hydrogen-bond donors (Lipinski definition) is 1. The fourth-order valence-corrected chi connectivity index (χ4v) is 2.65. The smallest absolute Gasteiger partial charge is 0.0349 e. The summed E-state index contributed by atoms with van der Waals surface area (Å²) in [7, 11) is 0. The van der Waals surface area contributed by atoms with E-state index in [1.165, 1.54) is 35.6 Å². The SMILES string of the molecule is CCCNC(CC(C)CC)c1cccc2ccncc12. The van der Waals surface area contributed by atoms with E-state index >= 15 is 0 Å². The zero-order valence-corrected chi connectivity index (χ0v) is 12.9. The third-order valence-electron chi connectivity index (χ3n) is 4.07. The highest BCUT2D eigenvalue weighted by molar-refractivity contribution is 5.85. The molecule has 1 N–H and O–H groups in total. The van der Waals surface area contributed by atoms with Crippen LogP contribution in [0.3, 0.4) is 0 Å². The van der Waals surface area contributed by atoms with E-state index in [2.05, 4.69) is 55.3 Å². The maximum Gasteiger partial charge on any atom is 0.0349 e. The van der Waals surface area contributed by atoms with Crippen molar-refractivity contribution in [3.63, 3.8) is 0 Å². The van der Waals surface area contributed by atoms with Gasteiger partial charge < -0.3 is 5.32 Å². The summed E-state index contributed by atoms with van der Waals surface area (Å²) in [5.74, 6) is 0.733. The number of aromatic nitrogens is 1. The van der Waals surface area contributed by atoms with Gasteiger partial charge in [-0.25, -0.2) is 0 Å². The van der Waals surface area contributed by atoms with Crippen molar-refractivity contribution >= 4 is 10.8 Å². The number of pyridine rings is 1. The van der Waals surface area contributed by atoms with Gasteiger partial charge in [-0.3, -0.25) is 4.98 Å². The van der Waals surface area contributed by atoms with Crippen LogP contribution in [-0.4, -0.2) is 11.5 Å². The lowest BCUT2D eigenvalue weighted by molar-refractivity contribution is 0.404. The molecule has 2 nitrogen and oxygen atoms in total. The second-order valence-electron chi connectivity index (χ2n) is 5.70. The Bertz CT molecular complexity index is 530. The first-order valence-electron chi connectivity index (χ1n) is 7.82. The molecule has 108 valence electrons. The van der Waals surface area contributed by atoms with Gasteiger partial charge in [0.2, 0.25) is 0 Å². The van der Waals surface area contributed by atoms with Crippen LogP contribution in [0.2, 0.25) is 0 Å². The number of fused-ring (bicyclic) bond motifs is 1. The van der Waals surface area contributed by atoms with Crippen LogP contribution in [-0.2, 0) is 0 Å². The summed E-state index contributed by atoms with van der Waals surface area (Å²) >= 11 is 0. The van der Waals surface area contributed by atoms with E-state index in [1.807, 2.05) is 12.4 Å². The van der Waals surface area contributed by atoms with E-state index < -0.39 is 0 Å². The van der Waals surface area contributed by atoms with E-state index in [0.29, 0.717) is 6.04 Å². The quantitative estimate of drug-likeness (QED) is 0.788. The van der Waals surface area contributed by atoms with Crippen molar-refractivity contribution in [1.82, 2.24) is 10.3 Å². The van der Waals surface area contributed by atoms with Gasteiger partial charge in [0.05, 0.1) is 0 Å². The molecule has 0 fully saturated rings. The highest BCUT2D eigenvalue weighted by Crippen LogP contribution is 2.28. The molecule has 0 bridgehead atoms. The first-order chi connectivity index (χ1) is 9.76. The molecule has 1 aromatic carbocycles. The minimum Gasteiger partial charge on any atom is -0.310 e. The molecule has 20 heavy (non-hydrogen) atoms. The zero-order valence-electron chi connectivity index (χ0n) is 12.9. The van der Waals surface area contributed by atoms with Crippen molar-refractivity contribution in [3.8, 4) is 0 Å². The highest BCUT2D eigenvalue weighted by Gasteiger charge is 2.16. The summed E-state index contributed by atoms with van der Waals surface area (Å²) in [5.41, 5.74) is 1.39. The van der Waals surface area contributed by atoms with Gasteiger partial charge in [-0.15, -0.1) is 0 Å². The molecule has 2 aromatic rings. The minimum atomic E-state index is 0.429. The van der Waals surface area contributed by atoms with Crippen LogP contribution in [0.4, 0.5) is 0 Å². The summed E-state index contributed by atoms with van der Waals surface area (Å²) < 4.78 is 0. The van der Waals surface area contributed by atoms with E-state index in [4.69, 9.17) is 0 Å². The molecule has 0 aliphatic rings. The number of benzene rings is 1. The van der Waals surface area contributed by atoms with Gasteiger partial charge in [0, 0.05) is 23.8 Å². The Morgan fingerprint density at radius 2 is 2.05 bits per heavy atom. The van der Waals surface area contributed by atoms with Crippen molar-refractivity contribution in [3.05, 3.63) is 42.2 Å². The van der Waals surface area contributed by atoms with Crippen LogP contribution in [0.25, 0.3) is 10.8 Å². The third-order valence-corrected chi connectivity index (χ3v) is 4.07. The topological polar surface area (TPSA) is 24.9 Å². The molecule has 0 amide bonds. The molecule has 0 saturated carbocycles. The van der Waals surface area contributed by atoms with Crippen LogP contribution >= 0.6 is 0 Å². The number of nitrogens with zero attached hydrogens (tertiary/aromatic N) is 1. The average molecular weight is 270 g/mol. The van der Waals surface area contributed by atoms with Crippen LogP contribution in [0.5, 0.6) is 0 Å². The summed E-state index contributed by atoms with van der Waals surface area (Å²) in [6, 6.07) is 9.10. The van der Waals surface area contributed by atoms with Crippen LogP contribution < -0.4 is 5.32 Å². The summed E-state index contributed by atoms with van der Waals surface area (Å²) in [6.07, 6.45) is 7.45. The first kappa shape index (κ1) is 15.0. The molecule has 2 heteroatoms. The van der Waals surface area contributed by atoms with E-state index in [0.717, 1.165) is 12.5 Å². The molecule has 0 spiro atoms. The molecule has 0 saturated heterocycles. The van der Waals surface area contributed by atoms with Crippen molar-refractivity contribution in [2.75, 3.05) is 6.54 Å². The zero-order chi connectivity index (χ0) is 14.4. The Balaban J connectivity index is 2.34. The number of hydrogen-bond acceptors (Lipinski definition) is 2. The lowest BCUT2D eigenvalue weighted by Gasteiger charge is -2.23. The first-order valence-corrected chi connectivity index (χ1v) is 7.82. The molecule has 2 unspecified atom stereocenters. The Hall–Kier alpha value is -1.41. The van der Waals surface area contributed by atoms with Crippen LogP contribution in [0.15, 0.2) is 36.7 Å². The largest absolute Gasteiger partial charge is 0.310 e. The molecule has 1 heterocycles. The fourth-order valence-electron chi connectivity index (χ4n) is 2.65. The molecule has 2 atom stereocenters. The van der Waals surface area contributed by atoms with Gasteiger partial charge in [-0.05, 0) is 42.3 Å². The standard InChI is InChI=1S/C18H26N2/c1-4-10-20-18(12-14(3)5-2)16-8-6-7-15-9-11-19-13-17(15)16/h6-9,11,13-14,18,20H,4-5,10,12H2,1-3H3. The van der Waals surface area contributed by atoms with Crippen molar-refractivity contribution in [2.24, 2.45) is 5.92 Å². The highest BCUT2D eigenvalue weighted by atomic mass is 14.9. The van der Waals surface area contributed by atoms with Gasteiger partial charge >= 0.3 is 0 Å². The molecule has 1 aromatic heterocycles. The fraction of sp³-hybridized carbons (Fsp3) is 0.500. The normalized spacial score (nSPS) is 14.3. The Morgan fingerprint density at radius 3 is 2.80 bits per heavy atom. The number of rotatable bonds is 7. The molecule has 0 aliphatic carbocycles. The maximum atomic E-state index is 4.31. The average Bonchev–Trinajstić information content (AvgIpc) is 2.50. The summed E-state index contributed by atoms with van der Waals surface area (Å²) in [6.45, 7) is 7.89. The van der Waals surface area contributed by atoms with Gasteiger partial charge in [0.25, 0.3) is 0 Å². The van der Waals surface area contributed by atoms with Crippen LogP contribution in [0, 0.1) is 5.92 Å². The van der Waals surface area contributed by atoms with Gasteiger partial charge in [-0.1, -0.05) is 45.4 Å². The summed E-state index contributed by atoms with van der Waals surface area (Å²) in [5, 5.41) is 6.28. The Morgan fingerprint density at radius 1 is 1.20 bits per heavy atom.